The van der Waals surface area contributed by atoms with Crippen LogP contribution in [0, 0.1) is 0 Å². The molecule has 0 N–H and O–H groups in total. The molecule has 2 fully saturated rings. The molecule has 2 aromatic rings. The topological polar surface area (TPSA) is 80.8 Å². The normalized spacial score (nSPS) is 25.1. The summed E-state index contributed by atoms with van der Waals surface area (Å²) in [7, 11) is -5.81. The van der Waals surface area contributed by atoms with Gasteiger partial charge in [-0.3, -0.25) is 0 Å². The monoisotopic (exact) mass is 455 g/mol. The fraction of sp³-hybridized carbons (Fsp3) is 0.400. The number of fused-ring (bicyclic) bond motifs is 2. The van der Waals surface area contributed by atoms with E-state index in [1.54, 1.807) is 30.3 Å². The van der Waals surface area contributed by atoms with E-state index in [0.717, 1.165) is 0 Å². The van der Waals surface area contributed by atoms with Gasteiger partial charge in [-0.15, -0.1) is 0 Å². The summed E-state index contributed by atoms with van der Waals surface area (Å²) in [6, 6.07) is 12.1. The molecule has 2 unspecified atom stereocenters. The predicted octanol–water partition coefficient (Wildman–Crippen LogP) is 3.51. The molecule has 4 rings (SSSR count). The fourth-order valence-electron chi connectivity index (χ4n) is 4.46. The van der Waals surface area contributed by atoms with Crippen molar-refractivity contribution < 1.29 is 21.6 Å². The first-order valence-electron chi connectivity index (χ1n) is 9.41. The molecule has 0 spiro atoms. The first-order valence-corrected chi connectivity index (χ1v) is 12.8. The summed E-state index contributed by atoms with van der Waals surface area (Å²) >= 11 is 6.13. The van der Waals surface area contributed by atoms with E-state index in [2.05, 4.69) is 0 Å². The van der Waals surface area contributed by atoms with Gasteiger partial charge in [0.25, 0.3) is 0 Å². The van der Waals surface area contributed by atoms with Gasteiger partial charge in [0.15, 0.2) is 9.84 Å². The summed E-state index contributed by atoms with van der Waals surface area (Å²) in [6.45, 7) is 0. The van der Waals surface area contributed by atoms with Gasteiger partial charge in [-0.2, -0.15) is 4.31 Å². The summed E-state index contributed by atoms with van der Waals surface area (Å²) in [4.78, 5) is 0.396. The molecule has 0 saturated carbocycles. The molecule has 156 valence electrons. The van der Waals surface area contributed by atoms with Crippen molar-refractivity contribution in [2.24, 2.45) is 0 Å². The Morgan fingerprint density at radius 3 is 2.10 bits per heavy atom. The Balaban J connectivity index is 1.62. The number of piperidine rings is 1. The molecule has 9 heteroatoms. The number of sulfone groups is 1. The molecule has 2 aliphatic rings. The highest BCUT2D eigenvalue weighted by Crippen LogP contribution is 2.43. The van der Waals surface area contributed by atoms with Crippen molar-refractivity contribution >= 4 is 31.5 Å². The van der Waals surface area contributed by atoms with Crippen LogP contribution < -0.4 is 4.74 Å². The Bertz CT molecular complexity index is 1100. The molecule has 2 aliphatic heterocycles. The third-order valence-electron chi connectivity index (χ3n) is 5.83. The van der Waals surface area contributed by atoms with E-state index in [9.17, 15) is 16.8 Å². The van der Waals surface area contributed by atoms with Gasteiger partial charge in [-0.05, 0) is 56.0 Å². The summed E-state index contributed by atoms with van der Waals surface area (Å²) < 4.78 is 59.3. The van der Waals surface area contributed by atoms with Gasteiger partial charge in [0.2, 0.25) is 10.0 Å². The van der Waals surface area contributed by atoms with Crippen LogP contribution in [0.5, 0.6) is 5.75 Å². The Hall–Kier alpha value is -1.61. The summed E-state index contributed by atoms with van der Waals surface area (Å²) in [5.74, 6) is 0.404. The van der Waals surface area contributed by atoms with E-state index >= 15 is 0 Å². The second-order valence-electron chi connectivity index (χ2n) is 7.47. The Labute approximate surface area is 176 Å². The molecule has 0 aromatic heterocycles. The molecule has 2 bridgehead atoms. The second-order valence-corrected chi connectivity index (χ2v) is 11.9. The minimum Gasteiger partial charge on any atom is -0.495 e. The SMILES string of the molecule is COc1ccc(S(=O)(=O)N2C3CCC2CC(S(=O)(=O)c2ccccc2)C3)cc1Cl. The van der Waals surface area contributed by atoms with Gasteiger partial charge in [0.05, 0.1) is 27.2 Å². The number of hydrogen-bond acceptors (Lipinski definition) is 5. The number of benzene rings is 2. The zero-order chi connectivity index (χ0) is 20.8. The van der Waals surface area contributed by atoms with E-state index in [1.165, 1.54) is 29.6 Å². The summed E-state index contributed by atoms with van der Waals surface area (Å²) in [6.07, 6.45) is 1.93. The zero-order valence-corrected chi connectivity index (χ0v) is 18.3. The molecule has 0 aliphatic carbocycles. The van der Waals surface area contributed by atoms with E-state index in [1.807, 2.05) is 0 Å². The maximum atomic E-state index is 13.3. The van der Waals surface area contributed by atoms with Crippen molar-refractivity contribution in [2.45, 2.75) is 52.8 Å². The second kappa shape index (κ2) is 7.58. The van der Waals surface area contributed by atoms with Gasteiger partial charge in [0, 0.05) is 12.1 Å². The highest BCUT2D eigenvalue weighted by Gasteiger charge is 2.50. The van der Waals surface area contributed by atoms with Crippen molar-refractivity contribution in [2.75, 3.05) is 7.11 Å². The first-order chi connectivity index (χ1) is 13.7. The van der Waals surface area contributed by atoms with Crippen molar-refractivity contribution in [1.82, 2.24) is 4.31 Å². The van der Waals surface area contributed by atoms with E-state index in [0.29, 0.717) is 36.3 Å². The smallest absolute Gasteiger partial charge is 0.243 e. The van der Waals surface area contributed by atoms with Crippen LogP contribution in [0.2, 0.25) is 5.02 Å². The molecule has 2 atom stereocenters. The zero-order valence-electron chi connectivity index (χ0n) is 15.9. The fourth-order valence-corrected chi connectivity index (χ4v) is 8.57. The van der Waals surface area contributed by atoms with Crippen LogP contribution in [0.4, 0.5) is 0 Å². The number of methoxy groups -OCH3 is 1. The maximum Gasteiger partial charge on any atom is 0.243 e. The van der Waals surface area contributed by atoms with E-state index in [-0.39, 0.29) is 22.0 Å². The number of nitrogens with zero attached hydrogens (tertiary/aromatic N) is 1. The number of sulfonamides is 1. The van der Waals surface area contributed by atoms with Crippen molar-refractivity contribution in [3.8, 4) is 5.75 Å². The van der Waals surface area contributed by atoms with Gasteiger partial charge in [-0.25, -0.2) is 16.8 Å². The van der Waals surface area contributed by atoms with Crippen molar-refractivity contribution in [3.05, 3.63) is 53.6 Å². The molecule has 29 heavy (non-hydrogen) atoms. The third kappa shape index (κ3) is 3.56. The highest BCUT2D eigenvalue weighted by molar-refractivity contribution is 7.92. The van der Waals surface area contributed by atoms with Crippen LogP contribution in [-0.2, 0) is 19.9 Å². The molecule has 6 nitrogen and oxygen atoms in total. The minimum absolute atomic E-state index is 0.101. The quantitative estimate of drug-likeness (QED) is 0.689. The largest absolute Gasteiger partial charge is 0.495 e. The van der Waals surface area contributed by atoms with Crippen LogP contribution in [0.25, 0.3) is 0 Å². The lowest BCUT2D eigenvalue weighted by Gasteiger charge is -2.37. The molecule has 2 heterocycles. The number of hydrogen-bond donors (Lipinski definition) is 0. The number of halogens is 1. The lowest BCUT2D eigenvalue weighted by atomic mass is 10.1. The Kier molecular flexibility index (Phi) is 5.40. The highest BCUT2D eigenvalue weighted by atomic mass is 35.5. The predicted molar refractivity (Wildman–Crippen MR) is 110 cm³/mol. The van der Waals surface area contributed by atoms with Gasteiger partial charge in [0.1, 0.15) is 5.75 Å². The minimum atomic E-state index is -3.78. The molecule has 2 aromatic carbocycles. The Morgan fingerprint density at radius 1 is 0.931 bits per heavy atom. The van der Waals surface area contributed by atoms with E-state index in [4.69, 9.17) is 16.3 Å². The van der Waals surface area contributed by atoms with Gasteiger partial charge >= 0.3 is 0 Å². The van der Waals surface area contributed by atoms with Crippen LogP contribution in [0.15, 0.2) is 58.3 Å². The maximum absolute atomic E-state index is 13.3. The molecular formula is C20H22ClNO5S2. The molecule has 0 radical (unpaired) electrons. The third-order valence-corrected chi connectivity index (χ3v) is 10.3. The first kappa shape index (κ1) is 20.7. The van der Waals surface area contributed by atoms with Crippen molar-refractivity contribution in [3.63, 3.8) is 0 Å². The molecule has 0 amide bonds. The lowest BCUT2D eigenvalue weighted by molar-refractivity contribution is 0.249. The van der Waals surface area contributed by atoms with Crippen LogP contribution >= 0.6 is 11.6 Å². The standard InChI is InChI=1S/C20H22ClNO5S2/c1-27-20-10-9-17(13-19(20)21)29(25,26)22-14-7-8-15(22)12-18(11-14)28(23,24)16-5-3-2-4-6-16/h2-6,9-10,13-15,18H,7-8,11-12H2,1H3. The van der Waals surface area contributed by atoms with E-state index < -0.39 is 25.1 Å². The molecular weight excluding hydrogens is 434 g/mol. The molecule has 2 saturated heterocycles. The van der Waals surface area contributed by atoms with Gasteiger partial charge < -0.3 is 4.74 Å². The lowest BCUT2D eigenvalue weighted by Crippen LogP contribution is -2.49. The summed E-state index contributed by atoms with van der Waals surface area (Å²) in [5.41, 5.74) is 0. The van der Waals surface area contributed by atoms with Crippen LogP contribution in [0.1, 0.15) is 25.7 Å². The number of rotatable bonds is 5. The average Bonchev–Trinajstić information content (AvgIpc) is 2.99. The summed E-state index contributed by atoms with van der Waals surface area (Å²) in [5, 5.41) is -0.351. The average molecular weight is 456 g/mol. The van der Waals surface area contributed by atoms with Gasteiger partial charge in [-0.1, -0.05) is 29.8 Å². The number of ether oxygens (including phenoxy) is 1. The Morgan fingerprint density at radius 2 is 1.55 bits per heavy atom. The van der Waals surface area contributed by atoms with Crippen LogP contribution in [0.3, 0.4) is 0 Å². The van der Waals surface area contributed by atoms with Crippen LogP contribution in [-0.4, -0.2) is 45.6 Å². The van der Waals surface area contributed by atoms with Crippen molar-refractivity contribution in [1.29, 1.82) is 0 Å².